The SMILES string of the molecule is COc1cccc(C(=O)c2c(N)cn3ccccc23)c1-c1nc2ccccc2[nH]1. The van der Waals surface area contributed by atoms with E-state index in [2.05, 4.69) is 9.97 Å². The number of para-hydroxylation sites is 2. The summed E-state index contributed by atoms with van der Waals surface area (Å²) < 4.78 is 7.42. The van der Waals surface area contributed by atoms with Crippen LogP contribution in [-0.2, 0) is 0 Å². The van der Waals surface area contributed by atoms with Crippen LogP contribution in [0.2, 0.25) is 0 Å². The van der Waals surface area contributed by atoms with E-state index >= 15 is 0 Å². The first-order chi connectivity index (χ1) is 14.2. The number of imidazole rings is 1. The predicted octanol–water partition coefficient (Wildman–Crippen LogP) is 4.30. The van der Waals surface area contributed by atoms with Crippen LogP contribution < -0.4 is 10.5 Å². The lowest BCUT2D eigenvalue weighted by molar-refractivity contribution is 0.104. The van der Waals surface area contributed by atoms with Crippen molar-refractivity contribution in [2.75, 3.05) is 12.8 Å². The number of nitrogens with two attached hydrogens (primary N) is 1. The molecule has 0 aliphatic rings. The Bertz CT molecular complexity index is 1350. The van der Waals surface area contributed by atoms with E-state index in [9.17, 15) is 4.79 Å². The van der Waals surface area contributed by atoms with Crippen LogP contribution in [0.1, 0.15) is 15.9 Å². The number of nitrogens with zero attached hydrogens (tertiary/aromatic N) is 2. The highest BCUT2D eigenvalue weighted by atomic mass is 16.5. The molecule has 3 heterocycles. The second kappa shape index (κ2) is 6.53. The molecule has 0 amide bonds. The van der Waals surface area contributed by atoms with Gasteiger partial charge in [0.15, 0.2) is 5.78 Å². The lowest BCUT2D eigenvalue weighted by atomic mass is 9.97. The number of aromatic nitrogens is 3. The molecule has 0 unspecified atom stereocenters. The lowest BCUT2D eigenvalue weighted by Gasteiger charge is -2.12. The molecule has 3 N–H and O–H groups in total. The Balaban J connectivity index is 1.75. The summed E-state index contributed by atoms with van der Waals surface area (Å²) in [5, 5.41) is 0. The molecule has 0 saturated carbocycles. The molecule has 0 atom stereocenters. The molecule has 3 aromatic heterocycles. The van der Waals surface area contributed by atoms with Crippen LogP contribution in [0, 0.1) is 0 Å². The molecule has 0 saturated heterocycles. The average Bonchev–Trinajstić information content (AvgIpc) is 3.32. The van der Waals surface area contributed by atoms with Gasteiger partial charge < -0.3 is 19.9 Å². The Kier molecular flexibility index (Phi) is 3.84. The second-order valence-corrected chi connectivity index (χ2v) is 6.77. The fourth-order valence-electron chi connectivity index (χ4n) is 3.73. The molecule has 142 valence electrons. The third kappa shape index (κ3) is 2.65. The third-order valence-corrected chi connectivity index (χ3v) is 5.06. The van der Waals surface area contributed by atoms with Crippen molar-refractivity contribution >= 4 is 28.0 Å². The smallest absolute Gasteiger partial charge is 0.198 e. The largest absolute Gasteiger partial charge is 0.496 e. The van der Waals surface area contributed by atoms with Crippen molar-refractivity contribution in [3.05, 3.63) is 84.2 Å². The van der Waals surface area contributed by atoms with E-state index in [1.807, 2.05) is 59.1 Å². The van der Waals surface area contributed by atoms with Crippen LogP contribution >= 0.6 is 0 Å². The summed E-state index contributed by atoms with van der Waals surface area (Å²) in [7, 11) is 1.58. The van der Waals surface area contributed by atoms with Crippen LogP contribution in [-0.4, -0.2) is 27.3 Å². The van der Waals surface area contributed by atoms with Gasteiger partial charge in [-0.1, -0.05) is 30.3 Å². The highest BCUT2D eigenvalue weighted by Crippen LogP contribution is 2.35. The second-order valence-electron chi connectivity index (χ2n) is 6.77. The van der Waals surface area contributed by atoms with Gasteiger partial charge in [-0.25, -0.2) is 4.98 Å². The summed E-state index contributed by atoms with van der Waals surface area (Å²) in [6.07, 6.45) is 3.62. The first-order valence-electron chi connectivity index (χ1n) is 9.19. The predicted molar refractivity (Wildman–Crippen MR) is 113 cm³/mol. The summed E-state index contributed by atoms with van der Waals surface area (Å²) in [6, 6.07) is 18.8. The van der Waals surface area contributed by atoms with Gasteiger partial charge in [0.05, 0.1) is 40.5 Å². The van der Waals surface area contributed by atoms with Crippen LogP contribution in [0.5, 0.6) is 5.75 Å². The van der Waals surface area contributed by atoms with E-state index in [-0.39, 0.29) is 5.78 Å². The van der Waals surface area contributed by atoms with Gasteiger partial charge in [-0.05, 0) is 30.3 Å². The molecule has 0 aliphatic heterocycles. The van der Waals surface area contributed by atoms with Gasteiger partial charge >= 0.3 is 0 Å². The van der Waals surface area contributed by atoms with Gasteiger partial charge in [-0.15, -0.1) is 0 Å². The minimum atomic E-state index is -0.175. The number of pyridine rings is 1. The normalized spacial score (nSPS) is 11.2. The van der Waals surface area contributed by atoms with E-state index in [1.165, 1.54) is 0 Å². The lowest BCUT2D eigenvalue weighted by Crippen LogP contribution is -2.07. The maximum absolute atomic E-state index is 13.6. The molecule has 2 aromatic carbocycles. The maximum atomic E-state index is 13.6. The highest BCUT2D eigenvalue weighted by molar-refractivity contribution is 6.19. The molecule has 0 aliphatic carbocycles. The first kappa shape index (κ1) is 17.1. The summed E-state index contributed by atoms with van der Waals surface area (Å²) in [4.78, 5) is 21.6. The molecule has 0 bridgehead atoms. The van der Waals surface area contributed by atoms with Crippen molar-refractivity contribution in [3.63, 3.8) is 0 Å². The minimum Gasteiger partial charge on any atom is -0.496 e. The van der Waals surface area contributed by atoms with Gasteiger partial charge in [0.1, 0.15) is 11.6 Å². The van der Waals surface area contributed by atoms with E-state index in [4.69, 9.17) is 10.5 Å². The van der Waals surface area contributed by atoms with Gasteiger partial charge in [0, 0.05) is 18.0 Å². The quantitative estimate of drug-likeness (QED) is 0.454. The number of H-pyrrole nitrogens is 1. The molecule has 6 heteroatoms. The van der Waals surface area contributed by atoms with E-state index in [0.717, 1.165) is 16.6 Å². The van der Waals surface area contributed by atoms with Crippen LogP contribution in [0.3, 0.4) is 0 Å². The monoisotopic (exact) mass is 382 g/mol. The fourth-order valence-corrected chi connectivity index (χ4v) is 3.73. The number of fused-ring (bicyclic) bond motifs is 2. The summed E-state index contributed by atoms with van der Waals surface area (Å²) in [5.41, 5.74) is 10.7. The summed E-state index contributed by atoms with van der Waals surface area (Å²) in [6.45, 7) is 0. The standard InChI is InChI=1S/C23H18N4O2/c1-29-19-11-6-7-14(20(19)23-25-16-8-2-3-9-17(16)26-23)22(28)21-15(24)13-27-12-5-4-10-18(21)27/h2-13H,24H2,1H3,(H,25,26). The maximum Gasteiger partial charge on any atom is 0.198 e. The number of hydrogen-bond acceptors (Lipinski definition) is 4. The molecule has 0 spiro atoms. The molecule has 0 fully saturated rings. The van der Waals surface area contributed by atoms with Crippen molar-refractivity contribution in [2.24, 2.45) is 0 Å². The number of nitrogens with one attached hydrogen (secondary N) is 1. The van der Waals surface area contributed by atoms with Crippen molar-refractivity contribution < 1.29 is 9.53 Å². The molecular weight excluding hydrogens is 364 g/mol. The van der Waals surface area contributed by atoms with E-state index < -0.39 is 0 Å². The number of carbonyl (C=O) groups excluding carboxylic acids is 1. The Morgan fingerprint density at radius 2 is 1.90 bits per heavy atom. The topological polar surface area (TPSA) is 85.4 Å². The van der Waals surface area contributed by atoms with E-state index in [1.54, 1.807) is 25.4 Å². The number of hydrogen-bond donors (Lipinski definition) is 2. The first-order valence-corrected chi connectivity index (χ1v) is 9.19. The molecule has 0 radical (unpaired) electrons. The number of ketones is 1. The molecular formula is C23H18N4O2. The Hall–Kier alpha value is -4.06. The van der Waals surface area contributed by atoms with Crippen LogP contribution in [0.15, 0.2) is 73.1 Å². The fraction of sp³-hybridized carbons (Fsp3) is 0.0435. The molecule has 5 aromatic rings. The van der Waals surface area contributed by atoms with Crippen molar-refractivity contribution in [2.45, 2.75) is 0 Å². The Labute approximate surface area is 166 Å². The minimum absolute atomic E-state index is 0.175. The zero-order valence-corrected chi connectivity index (χ0v) is 15.7. The van der Waals surface area contributed by atoms with Gasteiger partial charge in [0.2, 0.25) is 0 Å². The summed E-state index contributed by atoms with van der Waals surface area (Å²) >= 11 is 0. The highest BCUT2D eigenvalue weighted by Gasteiger charge is 2.24. The van der Waals surface area contributed by atoms with E-state index in [0.29, 0.717) is 34.0 Å². The number of aromatic amines is 1. The molecule has 29 heavy (non-hydrogen) atoms. The number of ether oxygens (including phenoxy) is 1. The zero-order valence-electron chi connectivity index (χ0n) is 15.7. The summed E-state index contributed by atoms with van der Waals surface area (Å²) in [5.74, 6) is 0.969. The average molecular weight is 382 g/mol. The number of carbonyl (C=O) groups is 1. The Morgan fingerprint density at radius 3 is 2.72 bits per heavy atom. The third-order valence-electron chi connectivity index (χ3n) is 5.06. The number of rotatable bonds is 4. The van der Waals surface area contributed by atoms with Gasteiger partial charge in [-0.2, -0.15) is 0 Å². The van der Waals surface area contributed by atoms with Gasteiger partial charge in [-0.3, -0.25) is 4.79 Å². The Morgan fingerprint density at radius 1 is 1.07 bits per heavy atom. The number of nitrogen functional groups attached to an aromatic ring is 1. The van der Waals surface area contributed by atoms with Crippen LogP contribution in [0.25, 0.3) is 27.9 Å². The molecule has 6 nitrogen and oxygen atoms in total. The van der Waals surface area contributed by atoms with Crippen molar-refractivity contribution in [1.82, 2.24) is 14.4 Å². The van der Waals surface area contributed by atoms with Crippen molar-refractivity contribution in [3.8, 4) is 17.1 Å². The zero-order chi connectivity index (χ0) is 20.0. The molecule has 5 rings (SSSR count). The number of methoxy groups -OCH3 is 1. The number of benzene rings is 2. The van der Waals surface area contributed by atoms with Crippen molar-refractivity contribution in [1.29, 1.82) is 0 Å². The number of anilines is 1. The van der Waals surface area contributed by atoms with Gasteiger partial charge in [0.25, 0.3) is 0 Å². The van der Waals surface area contributed by atoms with Crippen LogP contribution in [0.4, 0.5) is 5.69 Å².